The largest absolute Gasteiger partial charge is 0.288 e. The van der Waals surface area contributed by atoms with Crippen molar-refractivity contribution in [2.24, 2.45) is 0 Å². The van der Waals surface area contributed by atoms with Gasteiger partial charge >= 0.3 is 0 Å². The number of benzene rings is 3. The maximum Gasteiger partial charge on any atom is 0.276 e. The zero-order valence-electron chi connectivity index (χ0n) is 14.6. The number of rotatable bonds is 6. The molecule has 0 amide bonds. The minimum atomic E-state index is -4.20. The maximum atomic E-state index is 13.2. The van der Waals surface area contributed by atoms with Crippen molar-refractivity contribution in [2.45, 2.75) is 4.90 Å². The Labute approximate surface area is 161 Å². The first kappa shape index (κ1) is 19.2. The lowest BCUT2D eigenvalue weighted by atomic mass is 10.1. The van der Waals surface area contributed by atoms with Crippen LogP contribution in [0.1, 0.15) is 15.9 Å². The molecule has 28 heavy (non-hydrogen) atoms. The number of nitro groups is 1. The van der Waals surface area contributed by atoms with E-state index in [1.54, 1.807) is 42.5 Å². The number of para-hydroxylation sites is 1. The van der Waals surface area contributed by atoms with E-state index in [0.29, 0.717) is 0 Å². The number of hydrogen-bond acceptors (Lipinski definition) is 5. The summed E-state index contributed by atoms with van der Waals surface area (Å²) in [4.78, 5) is 23.1. The second kappa shape index (κ2) is 7.98. The van der Waals surface area contributed by atoms with E-state index in [1.807, 2.05) is 0 Å². The first-order chi connectivity index (χ1) is 13.4. The fraction of sp³-hybridized carbons (Fsp3) is 0. The van der Waals surface area contributed by atoms with E-state index in [2.05, 4.69) is 0 Å². The van der Waals surface area contributed by atoms with Gasteiger partial charge in [0.25, 0.3) is 5.69 Å². The van der Waals surface area contributed by atoms with Gasteiger partial charge in [-0.1, -0.05) is 60.7 Å². The van der Waals surface area contributed by atoms with Crippen LogP contribution in [0.25, 0.3) is 6.08 Å². The van der Waals surface area contributed by atoms with Gasteiger partial charge in [0, 0.05) is 11.6 Å². The lowest BCUT2D eigenvalue weighted by molar-refractivity contribution is -0.385. The highest BCUT2D eigenvalue weighted by Crippen LogP contribution is 2.28. The Morgan fingerprint density at radius 3 is 1.96 bits per heavy atom. The molecule has 7 heteroatoms. The van der Waals surface area contributed by atoms with Gasteiger partial charge in [0.2, 0.25) is 15.6 Å². The van der Waals surface area contributed by atoms with E-state index < -0.39 is 25.4 Å². The van der Waals surface area contributed by atoms with Gasteiger partial charge in [0.1, 0.15) is 4.91 Å². The zero-order chi connectivity index (χ0) is 20.1. The van der Waals surface area contributed by atoms with Crippen molar-refractivity contribution in [3.8, 4) is 0 Å². The summed E-state index contributed by atoms with van der Waals surface area (Å²) in [5.41, 5.74) is -0.0812. The van der Waals surface area contributed by atoms with Crippen molar-refractivity contribution in [3.05, 3.63) is 111 Å². The van der Waals surface area contributed by atoms with Gasteiger partial charge in [-0.2, -0.15) is 0 Å². The van der Waals surface area contributed by atoms with Crippen molar-refractivity contribution >= 4 is 27.4 Å². The molecule has 3 aromatic rings. The fourth-order valence-corrected chi connectivity index (χ4v) is 4.05. The zero-order valence-corrected chi connectivity index (χ0v) is 15.4. The van der Waals surface area contributed by atoms with Crippen LogP contribution in [0.2, 0.25) is 0 Å². The molecule has 0 spiro atoms. The van der Waals surface area contributed by atoms with Crippen LogP contribution in [0, 0.1) is 10.1 Å². The van der Waals surface area contributed by atoms with Crippen molar-refractivity contribution in [2.75, 3.05) is 0 Å². The molecule has 0 atom stereocenters. The molecule has 6 nitrogen and oxygen atoms in total. The summed E-state index contributed by atoms with van der Waals surface area (Å²) in [7, 11) is -4.20. The van der Waals surface area contributed by atoms with Crippen LogP contribution >= 0.6 is 0 Å². The van der Waals surface area contributed by atoms with Crippen LogP contribution < -0.4 is 0 Å². The Balaban J connectivity index is 2.24. The summed E-state index contributed by atoms with van der Waals surface area (Å²) in [5.74, 6) is -0.734. The highest BCUT2D eigenvalue weighted by atomic mass is 32.2. The van der Waals surface area contributed by atoms with Crippen LogP contribution in [-0.2, 0) is 9.84 Å². The lowest BCUT2D eigenvalue weighted by Gasteiger charge is -2.09. The molecular weight excluding hydrogens is 378 g/mol. The van der Waals surface area contributed by atoms with Crippen LogP contribution in [0.4, 0.5) is 5.69 Å². The molecule has 0 N–H and O–H groups in total. The first-order valence-corrected chi connectivity index (χ1v) is 9.74. The normalized spacial score (nSPS) is 11.8. The quantitative estimate of drug-likeness (QED) is 0.269. The third-order valence-electron chi connectivity index (χ3n) is 4.02. The molecule has 140 valence electrons. The summed E-state index contributed by atoms with van der Waals surface area (Å²) in [6.07, 6.45) is 1.07. The average Bonchev–Trinajstić information content (AvgIpc) is 2.73. The van der Waals surface area contributed by atoms with Gasteiger partial charge in [0.15, 0.2) is 0 Å². The third-order valence-corrected chi connectivity index (χ3v) is 5.80. The fourth-order valence-electron chi connectivity index (χ4n) is 2.64. The van der Waals surface area contributed by atoms with Gasteiger partial charge in [-0.3, -0.25) is 14.9 Å². The molecule has 0 radical (unpaired) electrons. The van der Waals surface area contributed by atoms with Crippen LogP contribution in [0.3, 0.4) is 0 Å². The number of allylic oxidation sites excluding steroid dienone is 1. The summed E-state index contributed by atoms with van der Waals surface area (Å²) >= 11 is 0. The van der Waals surface area contributed by atoms with Gasteiger partial charge < -0.3 is 0 Å². The summed E-state index contributed by atoms with van der Waals surface area (Å²) in [6.45, 7) is 0. The molecule has 0 aliphatic heterocycles. The van der Waals surface area contributed by atoms with Gasteiger partial charge in [-0.15, -0.1) is 0 Å². The second-order valence-electron chi connectivity index (χ2n) is 5.84. The molecule has 0 heterocycles. The van der Waals surface area contributed by atoms with E-state index in [4.69, 9.17) is 0 Å². The predicted molar refractivity (Wildman–Crippen MR) is 105 cm³/mol. The van der Waals surface area contributed by atoms with Crippen LogP contribution in [0.5, 0.6) is 0 Å². The van der Waals surface area contributed by atoms with E-state index in [-0.39, 0.29) is 21.7 Å². The van der Waals surface area contributed by atoms with Crippen LogP contribution in [0.15, 0.2) is 94.7 Å². The number of Topliss-reactive ketones (excluding diaryl/α,β-unsaturated/α-hetero) is 1. The minimum Gasteiger partial charge on any atom is -0.288 e. The highest BCUT2D eigenvalue weighted by Gasteiger charge is 2.29. The van der Waals surface area contributed by atoms with Gasteiger partial charge in [0.05, 0.1) is 15.4 Å². The van der Waals surface area contributed by atoms with E-state index >= 15 is 0 Å². The van der Waals surface area contributed by atoms with Crippen molar-refractivity contribution in [3.63, 3.8) is 0 Å². The number of carbonyl (C=O) groups excluding carboxylic acids is 1. The SMILES string of the molecule is O=C(C(=Cc1ccccc1[N+](=O)[O-])S(=O)(=O)c1ccccc1)c1ccccc1. The first-order valence-electron chi connectivity index (χ1n) is 8.26. The monoisotopic (exact) mass is 393 g/mol. The second-order valence-corrected chi connectivity index (χ2v) is 7.75. The smallest absolute Gasteiger partial charge is 0.276 e. The molecule has 0 aromatic heterocycles. The van der Waals surface area contributed by atoms with E-state index in [0.717, 1.165) is 6.08 Å². The Bertz CT molecular complexity index is 1150. The molecule has 0 bridgehead atoms. The summed E-state index contributed by atoms with van der Waals surface area (Å²) in [6, 6.07) is 21.1. The summed E-state index contributed by atoms with van der Waals surface area (Å²) < 4.78 is 26.3. The lowest BCUT2D eigenvalue weighted by Crippen LogP contribution is -2.14. The standard InChI is InChI=1S/C21H15NO5S/c23-21(16-9-3-1-4-10-16)20(28(26,27)18-12-5-2-6-13-18)15-17-11-7-8-14-19(17)22(24)25/h1-15H. The van der Waals surface area contributed by atoms with E-state index in [1.165, 1.54) is 42.5 Å². The number of carbonyl (C=O) groups is 1. The number of ketones is 1. The third kappa shape index (κ3) is 3.89. The molecule has 0 saturated carbocycles. The molecule has 3 aromatic carbocycles. The molecule has 0 saturated heterocycles. The number of hydrogen-bond donors (Lipinski definition) is 0. The van der Waals surface area contributed by atoms with E-state index in [9.17, 15) is 23.3 Å². The van der Waals surface area contributed by atoms with Crippen molar-refractivity contribution in [1.82, 2.24) is 0 Å². The Hall–Kier alpha value is -3.58. The van der Waals surface area contributed by atoms with Crippen LogP contribution in [-0.4, -0.2) is 19.1 Å². The van der Waals surface area contributed by atoms with Crippen molar-refractivity contribution in [1.29, 1.82) is 0 Å². The molecule has 0 aliphatic rings. The molecule has 3 rings (SSSR count). The maximum absolute atomic E-state index is 13.2. The Kier molecular flexibility index (Phi) is 5.47. The Morgan fingerprint density at radius 1 is 0.821 bits per heavy atom. The highest BCUT2D eigenvalue weighted by molar-refractivity contribution is 7.96. The Morgan fingerprint density at radius 2 is 1.36 bits per heavy atom. The predicted octanol–water partition coefficient (Wildman–Crippen LogP) is 4.29. The number of nitro benzene ring substituents is 1. The molecular formula is C21H15NO5S. The van der Waals surface area contributed by atoms with Gasteiger partial charge in [-0.25, -0.2) is 8.42 Å². The molecule has 0 aliphatic carbocycles. The molecule has 0 fully saturated rings. The number of sulfone groups is 1. The topological polar surface area (TPSA) is 94.3 Å². The van der Waals surface area contributed by atoms with Gasteiger partial charge in [-0.05, 0) is 24.3 Å². The van der Waals surface area contributed by atoms with Crippen molar-refractivity contribution < 1.29 is 18.1 Å². The molecule has 0 unspecified atom stereocenters. The minimum absolute atomic E-state index is 0.0336. The average molecular weight is 393 g/mol. The number of nitrogens with zero attached hydrogens (tertiary/aromatic N) is 1. The summed E-state index contributed by atoms with van der Waals surface area (Å²) in [5, 5.41) is 11.3.